The van der Waals surface area contributed by atoms with Crippen molar-refractivity contribution in [3.63, 3.8) is 0 Å². The predicted molar refractivity (Wildman–Crippen MR) is 84.4 cm³/mol. The lowest BCUT2D eigenvalue weighted by molar-refractivity contribution is 0.102. The lowest BCUT2D eigenvalue weighted by atomic mass is 10.2. The van der Waals surface area contributed by atoms with Gasteiger partial charge in [-0.1, -0.05) is 18.2 Å². The van der Waals surface area contributed by atoms with E-state index in [1.807, 2.05) is 48.9 Å². The zero-order valence-corrected chi connectivity index (χ0v) is 12.8. The maximum Gasteiger partial charge on any atom is 0.259 e. The number of anilines is 1. The van der Waals surface area contributed by atoms with Crippen LogP contribution in [-0.2, 0) is 0 Å². The molecule has 0 aliphatic rings. The van der Waals surface area contributed by atoms with Crippen LogP contribution < -0.4 is 5.32 Å². The number of para-hydroxylation sites is 1. The minimum atomic E-state index is -0.190. The van der Waals surface area contributed by atoms with Crippen LogP contribution in [-0.4, -0.2) is 15.7 Å². The summed E-state index contributed by atoms with van der Waals surface area (Å²) in [5.74, 6) is 0.410. The molecule has 1 amide bonds. The van der Waals surface area contributed by atoms with E-state index < -0.39 is 0 Å². The molecule has 0 radical (unpaired) electrons. The van der Waals surface area contributed by atoms with Crippen LogP contribution in [0.1, 0.15) is 27.5 Å². The molecule has 0 aliphatic carbocycles. The molecule has 0 fully saturated rings. The lowest BCUT2D eigenvalue weighted by Gasteiger charge is -2.06. The molecule has 112 valence electrons. The van der Waals surface area contributed by atoms with Crippen molar-refractivity contribution in [1.29, 1.82) is 0 Å². The molecule has 0 spiro atoms. The number of rotatable bonds is 3. The Labute approximate surface area is 128 Å². The van der Waals surface area contributed by atoms with E-state index in [1.165, 1.54) is 6.26 Å². The maximum absolute atomic E-state index is 12.3. The van der Waals surface area contributed by atoms with E-state index in [1.54, 1.807) is 13.0 Å². The van der Waals surface area contributed by atoms with Gasteiger partial charge in [0.1, 0.15) is 5.76 Å². The number of aryl methyl sites for hydroxylation is 2. The van der Waals surface area contributed by atoms with Gasteiger partial charge in [0.2, 0.25) is 0 Å². The van der Waals surface area contributed by atoms with E-state index in [-0.39, 0.29) is 5.91 Å². The molecule has 3 rings (SSSR count). The summed E-state index contributed by atoms with van der Waals surface area (Å²) in [6.45, 7) is 5.58. The molecule has 2 heterocycles. The Bertz CT molecular complexity index is 816. The van der Waals surface area contributed by atoms with E-state index in [0.29, 0.717) is 11.3 Å². The van der Waals surface area contributed by atoms with Gasteiger partial charge in [0, 0.05) is 0 Å². The normalized spacial score (nSPS) is 10.7. The fourth-order valence-corrected chi connectivity index (χ4v) is 2.45. The van der Waals surface area contributed by atoms with Gasteiger partial charge >= 0.3 is 0 Å². The molecule has 0 saturated heterocycles. The predicted octanol–water partition coefficient (Wildman–Crippen LogP) is 3.64. The van der Waals surface area contributed by atoms with Crippen LogP contribution in [0.4, 0.5) is 5.69 Å². The minimum Gasteiger partial charge on any atom is -0.469 e. The van der Waals surface area contributed by atoms with Gasteiger partial charge in [-0.15, -0.1) is 0 Å². The van der Waals surface area contributed by atoms with E-state index in [9.17, 15) is 4.79 Å². The highest BCUT2D eigenvalue weighted by Gasteiger charge is 2.18. The van der Waals surface area contributed by atoms with Gasteiger partial charge in [0.05, 0.1) is 34.6 Å². The van der Waals surface area contributed by atoms with E-state index in [4.69, 9.17) is 4.42 Å². The summed E-state index contributed by atoms with van der Waals surface area (Å²) in [6, 6.07) is 11.5. The summed E-state index contributed by atoms with van der Waals surface area (Å²) < 4.78 is 7.00. The number of hydrogen-bond donors (Lipinski definition) is 1. The van der Waals surface area contributed by atoms with Crippen LogP contribution in [0.15, 0.2) is 47.1 Å². The van der Waals surface area contributed by atoms with Crippen LogP contribution in [0.5, 0.6) is 0 Å². The maximum atomic E-state index is 12.3. The second kappa shape index (κ2) is 5.52. The summed E-state index contributed by atoms with van der Waals surface area (Å²) in [7, 11) is 0. The molecule has 22 heavy (non-hydrogen) atoms. The highest BCUT2D eigenvalue weighted by molar-refractivity contribution is 6.05. The average molecular weight is 295 g/mol. The second-order valence-electron chi connectivity index (χ2n) is 5.14. The molecule has 3 aromatic rings. The molecule has 0 bridgehead atoms. The first kappa shape index (κ1) is 14.1. The number of nitrogens with one attached hydrogen (secondary N) is 1. The van der Waals surface area contributed by atoms with E-state index in [0.717, 1.165) is 22.8 Å². The summed E-state index contributed by atoms with van der Waals surface area (Å²) in [6.07, 6.45) is 1.51. The highest BCUT2D eigenvalue weighted by atomic mass is 16.3. The number of aromatic nitrogens is 2. The van der Waals surface area contributed by atoms with Crippen LogP contribution in [0, 0.1) is 20.8 Å². The monoisotopic (exact) mass is 295 g/mol. The zero-order chi connectivity index (χ0) is 15.7. The summed E-state index contributed by atoms with van der Waals surface area (Å²) in [5, 5.41) is 7.45. The molecule has 5 nitrogen and oxygen atoms in total. The molecule has 1 aromatic carbocycles. The minimum absolute atomic E-state index is 0.190. The molecule has 0 unspecified atom stereocenters. The first-order valence-electron chi connectivity index (χ1n) is 7.05. The zero-order valence-electron chi connectivity index (χ0n) is 12.8. The Kier molecular flexibility index (Phi) is 3.55. The lowest BCUT2D eigenvalue weighted by Crippen LogP contribution is -2.13. The molecule has 0 saturated carbocycles. The Balaban J connectivity index is 1.94. The summed E-state index contributed by atoms with van der Waals surface area (Å²) >= 11 is 0. The Morgan fingerprint density at radius 1 is 1.14 bits per heavy atom. The van der Waals surface area contributed by atoms with Crippen molar-refractivity contribution in [2.24, 2.45) is 0 Å². The molecular weight excluding hydrogens is 278 g/mol. The first-order chi connectivity index (χ1) is 10.6. The molecule has 5 heteroatoms. The van der Waals surface area contributed by atoms with Gasteiger partial charge in [-0.2, -0.15) is 5.10 Å². The van der Waals surface area contributed by atoms with Crippen molar-refractivity contribution < 1.29 is 9.21 Å². The van der Waals surface area contributed by atoms with Crippen LogP contribution in [0.3, 0.4) is 0 Å². The summed E-state index contributed by atoms with van der Waals surface area (Å²) in [4.78, 5) is 12.3. The third-order valence-corrected chi connectivity index (χ3v) is 3.63. The fourth-order valence-electron chi connectivity index (χ4n) is 2.45. The third kappa shape index (κ3) is 2.41. The molecular formula is C17H17N3O2. The van der Waals surface area contributed by atoms with Crippen molar-refractivity contribution in [2.75, 3.05) is 5.32 Å². The Morgan fingerprint density at radius 2 is 1.86 bits per heavy atom. The quantitative estimate of drug-likeness (QED) is 0.802. The van der Waals surface area contributed by atoms with Crippen molar-refractivity contribution >= 4 is 11.6 Å². The van der Waals surface area contributed by atoms with Crippen molar-refractivity contribution in [1.82, 2.24) is 9.78 Å². The first-order valence-corrected chi connectivity index (χ1v) is 7.05. The standard InChI is InChI=1S/C17H17N3O2/c1-11-16(18-17(21)15-9-10-22-13(15)3)12(2)20(19-11)14-7-5-4-6-8-14/h4-10H,1-3H3,(H,18,21). The van der Waals surface area contributed by atoms with Crippen LogP contribution in [0.25, 0.3) is 5.69 Å². The second-order valence-corrected chi connectivity index (χ2v) is 5.14. The third-order valence-electron chi connectivity index (χ3n) is 3.63. The SMILES string of the molecule is Cc1nn(-c2ccccc2)c(C)c1NC(=O)c1ccoc1C. The number of carbonyl (C=O) groups excluding carboxylic acids is 1. The van der Waals surface area contributed by atoms with Crippen molar-refractivity contribution in [3.05, 3.63) is 65.4 Å². The topological polar surface area (TPSA) is 60.1 Å². The Morgan fingerprint density at radius 3 is 2.50 bits per heavy atom. The van der Waals surface area contributed by atoms with Crippen LogP contribution >= 0.6 is 0 Å². The number of hydrogen-bond acceptors (Lipinski definition) is 3. The van der Waals surface area contributed by atoms with Gasteiger partial charge < -0.3 is 9.73 Å². The molecule has 0 aliphatic heterocycles. The number of carbonyl (C=O) groups is 1. The fraction of sp³-hybridized carbons (Fsp3) is 0.176. The number of benzene rings is 1. The molecule has 1 N–H and O–H groups in total. The van der Waals surface area contributed by atoms with E-state index in [2.05, 4.69) is 10.4 Å². The van der Waals surface area contributed by atoms with Gasteiger partial charge in [-0.3, -0.25) is 4.79 Å². The van der Waals surface area contributed by atoms with Gasteiger partial charge in [0.15, 0.2) is 0 Å². The van der Waals surface area contributed by atoms with Gasteiger partial charge in [-0.05, 0) is 39.0 Å². The molecule has 2 aromatic heterocycles. The van der Waals surface area contributed by atoms with Crippen molar-refractivity contribution in [3.8, 4) is 5.69 Å². The number of furan rings is 1. The average Bonchev–Trinajstić information content (AvgIpc) is 3.06. The van der Waals surface area contributed by atoms with Gasteiger partial charge in [-0.25, -0.2) is 4.68 Å². The van der Waals surface area contributed by atoms with E-state index >= 15 is 0 Å². The highest BCUT2D eigenvalue weighted by Crippen LogP contribution is 2.23. The Hall–Kier alpha value is -2.82. The van der Waals surface area contributed by atoms with Crippen molar-refractivity contribution in [2.45, 2.75) is 20.8 Å². The van der Waals surface area contributed by atoms with Gasteiger partial charge in [0.25, 0.3) is 5.91 Å². The number of nitrogens with zero attached hydrogens (tertiary/aromatic N) is 2. The van der Waals surface area contributed by atoms with Crippen LogP contribution in [0.2, 0.25) is 0 Å². The largest absolute Gasteiger partial charge is 0.469 e. The summed E-state index contributed by atoms with van der Waals surface area (Å²) in [5.41, 5.74) is 3.89. The molecule has 0 atom stereocenters. The smallest absolute Gasteiger partial charge is 0.259 e. The number of amides is 1.